The van der Waals surface area contributed by atoms with E-state index in [0.717, 1.165) is 83.4 Å². The topological polar surface area (TPSA) is 32.8 Å². The number of para-hydroxylation sites is 4. The van der Waals surface area contributed by atoms with E-state index in [-0.39, 0.29) is 0 Å². The molecule has 0 N–H and O–H groups in total. The minimum Gasteiger partial charge on any atom is -0.456 e. The van der Waals surface area contributed by atoms with Gasteiger partial charge in [-0.25, -0.2) is 0 Å². The van der Waals surface area contributed by atoms with Gasteiger partial charge in [-0.3, -0.25) is 0 Å². The summed E-state index contributed by atoms with van der Waals surface area (Å²) in [4.78, 5) is 4.65. The van der Waals surface area contributed by atoms with Crippen molar-refractivity contribution in [1.82, 2.24) is 0 Å². The first kappa shape index (κ1) is 28.3. The zero-order chi connectivity index (χ0) is 33.0. The molecule has 0 saturated carbocycles. The molecule has 2 aromatic heterocycles. The van der Waals surface area contributed by atoms with Crippen molar-refractivity contribution in [3.05, 3.63) is 182 Å². The molecule has 0 aliphatic carbocycles. The molecule has 10 aromatic rings. The standard InChI is InChI=1S/C46H30N2O2/c1-4-16-32(17-5-1)47(33-18-6-2-7-19-33)40-30-35(29-38-44-36-22-11-10-15-31(36)27-28-43(44)50-46(38)40)48(34-20-8-3-9-21-34)39-24-14-26-42-45(39)37-23-12-13-25-41(37)49-42/h1-30H. The van der Waals surface area contributed by atoms with Crippen molar-refractivity contribution in [2.75, 3.05) is 9.80 Å². The van der Waals surface area contributed by atoms with Crippen molar-refractivity contribution in [2.45, 2.75) is 0 Å². The number of hydrogen-bond acceptors (Lipinski definition) is 4. The van der Waals surface area contributed by atoms with Gasteiger partial charge in [-0.05, 0) is 83.6 Å². The normalized spacial score (nSPS) is 11.6. The SMILES string of the molecule is c1ccc(N(c2ccccc2)c2cc(N(c3ccccc3)c3cccc4oc5ccccc5c34)cc3c2oc2ccc4ccccc4c23)cc1. The minimum absolute atomic E-state index is 0.827. The van der Waals surface area contributed by atoms with E-state index in [9.17, 15) is 0 Å². The summed E-state index contributed by atoms with van der Waals surface area (Å²) in [6.45, 7) is 0. The van der Waals surface area contributed by atoms with Gasteiger partial charge in [0.15, 0.2) is 5.58 Å². The minimum atomic E-state index is 0.827. The molecule has 0 fully saturated rings. The van der Waals surface area contributed by atoms with Gasteiger partial charge in [0, 0.05) is 38.9 Å². The van der Waals surface area contributed by atoms with Crippen LogP contribution in [0, 0.1) is 0 Å². The van der Waals surface area contributed by atoms with Crippen LogP contribution in [0.1, 0.15) is 0 Å². The second kappa shape index (κ2) is 11.4. The zero-order valence-electron chi connectivity index (χ0n) is 27.0. The Kier molecular flexibility index (Phi) is 6.46. The van der Waals surface area contributed by atoms with Crippen LogP contribution in [0.4, 0.5) is 34.1 Å². The highest BCUT2D eigenvalue weighted by Gasteiger charge is 2.25. The first-order valence-electron chi connectivity index (χ1n) is 16.9. The predicted octanol–water partition coefficient (Wildman–Crippen LogP) is 13.6. The average Bonchev–Trinajstić information content (AvgIpc) is 3.76. The molecule has 8 aromatic carbocycles. The first-order valence-corrected chi connectivity index (χ1v) is 16.9. The van der Waals surface area contributed by atoms with Crippen LogP contribution in [0.3, 0.4) is 0 Å². The van der Waals surface area contributed by atoms with E-state index in [4.69, 9.17) is 8.83 Å². The lowest BCUT2D eigenvalue weighted by Crippen LogP contribution is -2.13. The number of rotatable bonds is 6. The van der Waals surface area contributed by atoms with Gasteiger partial charge in [0.25, 0.3) is 0 Å². The third-order valence-corrected chi connectivity index (χ3v) is 9.59. The second-order valence-corrected chi connectivity index (χ2v) is 12.5. The van der Waals surface area contributed by atoms with Crippen molar-refractivity contribution in [3.8, 4) is 0 Å². The predicted molar refractivity (Wildman–Crippen MR) is 208 cm³/mol. The largest absolute Gasteiger partial charge is 0.456 e. The smallest absolute Gasteiger partial charge is 0.159 e. The molecule has 0 spiro atoms. The molecule has 0 radical (unpaired) electrons. The fourth-order valence-electron chi connectivity index (χ4n) is 7.44. The van der Waals surface area contributed by atoms with Gasteiger partial charge in [-0.1, -0.05) is 109 Å². The Hall–Kier alpha value is -6.78. The van der Waals surface area contributed by atoms with Gasteiger partial charge >= 0.3 is 0 Å². The van der Waals surface area contributed by atoms with E-state index in [1.54, 1.807) is 0 Å². The van der Waals surface area contributed by atoms with Gasteiger partial charge in [-0.15, -0.1) is 0 Å². The summed E-state index contributed by atoms with van der Waals surface area (Å²) < 4.78 is 13.3. The Labute approximate surface area is 288 Å². The third kappa shape index (κ3) is 4.46. The Bertz CT molecular complexity index is 2780. The molecule has 0 amide bonds. The van der Waals surface area contributed by atoms with Crippen LogP contribution in [0.25, 0.3) is 54.6 Å². The number of fused-ring (bicyclic) bond motifs is 8. The molecule has 0 atom stereocenters. The first-order chi connectivity index (χ1) is 24.8. The molecule has 4 nitrogen and oxygen atoms in total. The molecule has 2 heterocycles. The van der Waals surface area contributed by atoms with Gasteiger partial charge in [0.1, 0.15) is 16.7 Å². The molecule has 4 heteroatoms. The molecule has 236 valence electrons. The Morgan fingerprint density at radius 3 is 1.58 bits per heavy atom. The van der Waals surface area contributed by atoms with Crippen molar-refractivity contribution < 1.29 is 8.83 Å². The number of hydrogen-bond donors (Lipinski definition) is 0. The average molecular weight is 643 g/mol. The molecule has 0 unspecified atom stereocenters. The highest BCUT2D eigenvalue weighted by atomic mass is 16.3. The quantitative estimate of drug-likeness (QED) is 0.181. The van der Waals surface area contributed by atoms with Crippen LogP contribution in [0.15, 0.2) is 191 Å². The summed E-state index contributed by atoms with van der Waals surface area (Å²) in [5.74, 6) is 0. The maximum absolute atomic E-state index is 6.90. The fourth-order valence-corrected chi connectivity index (χ4v) is 7.44. The monoisotopic (exact) mass is 642 g/mol. The van der Waals surface area contributed by atoms with Crippen LogP contribution >= 0.6 is 0 Å². The molecular formula is C46H30N2O2. The van der Waals surface area contributed by atoms with Crippen molar-refractivity contribution in [1.29, 1.82) is 0 Å². The molecule has 0 bridgehead atoms. The van der Waals surface area contributed by atoms with E-state index in [0.29, 0.717) is 0 Å². The molecular weight excluding hydrogens is 613 g/mol. The Morgan fingerprint density at radius 2 is 0.880 bits per heavy atom. The highest BCUT2D eigenvalue weighted by Crippen LogP contribution is 2.49. The summed E-state index contributed by atoms with van der Waals surface area (Å²) in [6.07, 6.45) is 0. The van der Waals surface area contributed by atoms with E-state index < -0.39 is 0 Å². The number of nitrogens with zero attached hydrogens (tertiary/aromatic N) is 2. The van der Waals surface area contributed by atoms with E-state index in [1.165, 1.54) is 5.39 Å². The Balaban J connectivity index is 1.36. The summed E-state index contributed by atoms with van der Waals surface area (Å²) in [6, 6.07) is 63.6. The maximum atomic E-state index is 6.90. The summed E-state index contributed by atoms with van der Waals surface area (Å²) >= 11 is 0. The van der Waals surface area contributed by atoms with Crippen LogP contribution in [-0.4, -0.2) is 0 Å². The van der Waals surface area contributed by atoms with Crippen molar-refractivity contribution >= 4 is 88.8 Å². The molecule has 0 aliphatic heterocycles. The van der Waals surface area contributed by atoms with Crippen LogP contribution in [0.5, 0.6) is 0 Å². The third-order valence-electron chi connectivity index (χ3n) is 9.59. The number of furan rings is 2. The van der Waals surface area contributed by atoms with E-state index in [2.05, 4.69) is 180 Å². The lowest BCUT2D eigenvalue weighted by Gasteiger charge is -2.30. The summed E-state index contributed by atoms with van der Waals surface area (Å²) in [5.41, 5.74) is 9.50. The number of benzene rings is 8. The fraction of sp³-hybridized carbons (Fsp3) is 0. The lowest BCUT2D eigenvalue weighted by atomic mass is 10.0. The van der Waals surface area contributed by atoms with Gasteiger partial charge in [0.2, 0.25) is 0 Å². The maximum Gasteiger partial charge on any atom is 0.159 e. The summed E-state index contributed by atoms with van der Waals surface area (Å²) in [7, 11) is 0. The van der Waals surface area contributed by atoms with Gasteiger partial charge < -0.3 is 18.6 Å². The molecule has 10 rings (SSSR count). The molecule has 50 heavy (non-hydrogen) atoms. The highest BCUT2D eigenvalue weighted by molar-refractivity contribution is 6.22. The molecule has 0 saturated heterocycles. The Morgan fingerprint density at radius 1 is 0.320 bits per heavy atom. The number of anilines is 6. The van der Waals surface area contributed by atoms with Crippen molar-refractivity contribution in [2.24, 2.45) is 0 Å². The van der Waals surface area contributed by atoms with Crippen LogP contribution < -0.4 is 9.80 Å². The van der Waals surface area contributed by atoms with E-state index >= 15 is 0 Å². The summed E-state index contributed by atoms with van der Waals surface area (Å²) in [5, 5.41) is 6.63. The van der Waals surface area contributed by atoms with E-state index in [1.807, 2.05) is 12.1 Å². The van der Waals surface area contributed by atoms with Crippen LogP contribution in [-0.2, 0) is 0 Å². The van der Waals surface area contributed by atoms with Crippen LogP contribution in [0.2, 0.25) is 0 Å². The van der Waals surface area contributed by atoms with Crippen molar-refractivity contribution in [3.63, 3.8) is 0 Å². The van der Waals surface area contributed by atoms with Gasteiger partial charge in [0.05, 0.1) is 16.8 Å². The lowest BCUT2D eigenvalue weighted by molar-refractivity contribution is 0.668. The van der Waals surface area contributed by atoms with Gasteiger partial charge in [-0.2, -0.15) is 0 Å². The molecule has 0 aliphatic rings. The zero-order valence-corrected chi connectivity index (χ0v) is 27.0. The second-order valence-electron chi connectivity index (χ2n) is 12.5.